The molecule has 8 nitrogen and oxygen atoms in total. The van der Waals surface area contributed by atoms with E-state index in [1.165, 1.54) is 0 Å². The zero-order valence-electron chi connectivity index (χ0n) is 14.0. The van der Waals surface area contributed by atoms with Crippen LogP contribution in [0.4, 0.5) is 0 Å². The molecular formula is C18H16N6O2. The summed E-state index contributed by atoms with van der Waals surface area (Å²) in [4.78, 5) is 11.6. The molecule has 0 aliphatic heterocycles. The van der Waals surface area contributed by atoms with Crippen LogP contribution in [0.1, 0.15) is 39.6 Å². The molecule has 2 heterocycles. The van der Waals surface area contributed by atoms with E-state index in [0.29, 0.717) is 23.5 Å². The van der Waals surface area contributed by atoms with E-state index in [-0.39, 0.29) is 5.69 Å². The Balaban J connectivity index is 1.84. The molecule has 1 aromatic carbocycles. The van der Waals surface area contributed by atoms with Crippen molar-refractivity contribution >= 4 is 11.5 Å². The average Bonchev–Trinajstić information content (AvgIpc) is 3.32. The van der Waals surface area contributed by atoms with Crippen molar-refractivity contribution in [2.24, 2.45) is 0 Å². The lowest BCUT2D eigenvalue weighted by Gasteiger charge is -2.29. The molecule has 0 radical (unpaired) electrons. The Kier molecular flexibility index (Phi) is 3.72. The van der Waals surface area contributed by atoms with Crippen molar-refractivity contribution < 1.29 is 9.90 Å². The first-order valence-corrected chi connectivity index (χ1v) is 8.09. The molecule has 130 valence electrons. The third-order valence-corrected chi connectivity index (χ3v) is 4.62. The first-order chi connectivity index (χ1) is 12.6. The zero-order chi connectivity index (χ0) is 18.1. The van der Waals surface area contributed by atoms with Gasteiger partial charge >= 0.3 is 5.97 Å². The van der Waals surface area contributed by atoms with Crippen molar-refractivity contribution in [1.82, 2.24) is 30.8 Å². The molecule has 1 aliphatic rings. The summed E-state index contributed by atoms with van der Waals surface area (Å²) in [6, 6.07) is 9.99. The first kappa shape index (κ1) is 15.9. The summed E-state index contributed by atoms with van der Waals surface area (Å²) in [5.74, 6) is -1.14. The monoisotopic (exact) mass is 348 g/mol. The van der Waals surface area contributed by atoms with Crippen molar-refractivity contribution in [2.75, 3.05) is 0 Å². The Labute approximate surface area is 148 Å². The van der Waals surface area contributed by atoms with Crippen LogP contribution in [-0.2, 0) is 5.41 Å². The standard InChI is InChI=1S/C18H16N6O2/c1-11-15(21-23-19-11)18(16-14(17(25)26)20-24-22-16)9-7-13(8-10-18)12-5-3-2-4-6-12/h2-9H,10H2,1H3,(H,25,26)(H,19,21,23)(H,20,22,24). The van der Waals surface area contributed by atoms with Crippen LogP contribution in [0.2, 0.25) is 0 Å². The van der Waals surface area contributed by atoms with Crippen LogP contribution in [0.15, 0.2) is 48.6 Å². The number of aromatic amines is 2. The summed E-state index contributed by atoms with van der Waals surface area (Å²) in [5.41, 5.74) is 2.82. The molecule has 0 spiro atoms. The number of nitrogens with one attached hydrogen (secondary N) is 2. The molecule has 1 atom stereocenters. The van der Waals surface area contributed by atoms with Gasteiger partial charge in [-0.1, -0.05) is 48.6 Å². The number of benzene rings is 1. The van der Waals surface area contributed by atoms with Gasteiger partial charge in [-0.25, -0.2) is 4.79 Å². The maximum absolute atomic E-state index is 11.6. The molecule has 1 unspecified atom stereocenters. The van der Waals surface area contributed by atoms with Crippen LogP contribution in [0.25, 0.3) is 5.57 Å². The fourth-order valence-electron chi connectivity index (χ4n) is 3.34. The molecule has 3 aromatic rings. The van der Waals surface area contributed by atoms with E-state index < -0.39 is 11.4 Å². The molecule has 0 saturated carbocycles. The fourth-order valence-corrected chi connectivity index (χ4v) is 3.34. The van der Waals surface area contributed by atoms with E-state index in [9.17, 15) is 9.90 Å². The van der Waals surface area contributed by atoms with E-state index in [0.717, 1.165) is 11.1 Å². The summed E-state index contributed by atoms with van der Waals surface area (Å²) < 4.78 is 0. The first-order valence-electron chi connectivity index (χ1n) is 8.09. The normalized spacial score (nSPS) is 19.3. The number of aryl methyl sites for hydroxylation is 1. The Bertz CT molecular complexity index is 1020. The van der Waals surface area contributed by atoms with Crippen molar-refractivity contribution in [3.63, 3.8) is 0 Å². The molecule has 0 bridgehead atoms. The number of H-pyrrole nitrogens is 2. The van der Waals surface area contributed by atoms with Gasteiger partial charge in [0.05, 0.1) is 11.1 Å². The highest BCUT2D eigenvalue weighted by molar-refractivity contribution is 5.87. The molecule has 0 amide bonds. The lowest BCUT2D eigenvalue weighted by molar-refractivity contribution is 0.0688. The Morgan fingerprint density at radius 1 is 1.08 bits per heavy atom. The highest BCUT2D eigenvalue weighted by Crippen LogP contribution is 2.41. The number of nitrogens with zero attached hydrogens (tertiary/aromatic N) is 4. The number of hydrogen-bond donors (Lipinski definition) is 3. The average molecular weight is 348 g/mol. The van der Waals surface area contributed by atoms with Crippen LogP contribution < -0.4 is 0 Å². The summed E-state index contributed by atoms with van der Waals surface area (Å²) >= 11 is 0. The molecule has 2 aromatic heterocycles. The minimum Gasteiger partial charge on any atom is -0.476 e. The smallest absolute Gasteiger partial charge is 0.358 e. The van der Waals surface area contributed by atoms with E-state index in [1.807, 2.05) is 49.4 Å². The Morgan fingerprint density at radius 2 is 1.81 bits per heavy atom. The van der Waals surface area contributed by atoms with Crippen LogP contribution in [0, 0.1) is 6.92 Å². The number of carboxylic acids is 1. The minimum atomic E-state index is -1.14. The summed E-state index contributed by atoms with van der Waals surface area (Å²) in [6.07, 6.45) is 6.45. The number of carbonyl (C=O) groups is 1. The molecule has 26 heavy (non-hydrogen) atoms. The number of aromatic nitrogens is 6. The third kappa shape index (κ3) is 2.43. The van der Waals surface area contributed by atoms with Gasteiger partial charge in [0.1, 0.15) is 11.4 Å². The summed E-state index contributed by atoms with van der Waals surface area (Å²) in [7, 11) is 0. The van der Waals surface area contributed by atoms with Crippen molar-refractivity contribution in [2.45, 2.75) is 18.8 Å². The van der Waals surface area contributed by atoms with E-state index >= 15 is 0 Å². The maximum atomic E-state index is 11.6. The zero-order valence-corrected chi connectivity index (χ0v) is 14.0. The Hall–Kier alpha value is -3.55. The van der Waals surface area contributed by atoms with Crippen LogP contribution in [0.3, 0.4) is 0 Å². The predicted octanol–water partition coefficient (Wildman–Crippen LogP) is 2.26. The van der Waals surface area contributed by atoms with Crippen LogP contribution >= 0.6 is 0 Å². The second kappa shape index (κ2) is 6.07. The van der Waals surface area contributed by atoms with Gasteiger partial charge in [0.15, 0.2) is 5.69 Å². The Morgan fingerprint density at radius 3 is 2.42 bits per heavy atom. The number of rotatable bonds is 4. The topological polar surface area (TPSA) is 120 Å². The predicted molar refractivity (Wildman–Crippen MR) is 93.4 cm³/mol. The number of aromatic carboxylic acids is 1. The molecule has 8 heteroatoms. The van der Waals surface area contributed by atoms with Crippen molar-refractivity contribution in [3.8, 4) is 0 Å². The second-order valence-corrected chi connectivity index (χ2v) is 6.12. The number of carboxylic acid groups (broad SMARTS) is 1. The van der Waals surface area contributed by atoms with E-state index in [1.54, 1.807) is 0 Å². The fraction of sp³-hybridized carbons (Fsp3) is 0.167. The highest BCUT2D eigenvalue weighted by atomic mass is 16.4. The molecule has 3 N–H and O–H groups in total. The minimum absolute atomic E-state index is 0.117. The second-order valence-electron chi connectivity index (χ2n) is 6.12. The van der Waals surface area contributed by atoms with Gasteiger partial charge < -0.3 is 5.11 Å². The highest BCUT2D eigenvalue weighted by Gasteiger charge is 2.42. The number of allylic oxidation sites excluding steroid dienone is 4. The lowest BCUT2D eigenvalue weighted by Crippen LogP contribution is -2.30. The molecular weight excluding hydrogens is 332 g/mol. The van der Waals surface area contributed by atoms with Crippen molar-refractivity contribution in [1.29, 1.82) is 0 Å². The number of hydrogen-bond acceptors (Lipinski definition) is 5. The van der Waals surface area contributed by atoms with Crippen LogP contribution in [0.5, 0.6) is 0 Å². The van der Waals surface area contributed by atoms with Crippen LogP contribution in [-0.4, -0.2) is 41.9 Å². The molecule has 0 saturated heterocycles. The van der Waals surface area contributed by atoms with Gasteiger partial charge in [-0.15, -0.1) is 5.10 Å². The van der Waals surface area contributed by atoms with Crippen molar-refractivity contribution in [3.05, 3.63) is 76.9 Å². The van der Waals surface area contributed by atoms with Gasteiger partial charge in [-0.3, -0.25) is 0 Å². The molecule has 4 rings (SSSR count). The quantitative estimate of drug-likeness (QED) is 0.665. The van der Waals surface area contributed by atoms with E-state index in [4.69, 9.17) is 0 Å². The molecule has 0 fully saturated rings. The lowest BCUT2D eigenvalue weighted by atomic mass is 9.72. The summed E-state index contributed by atoms with van der Waals surface area (Å²) in [6.45, 7) is 1.82. The largest absolute Gasteiger partial charge is 0.476 e. The molecule has 1 aliphatic carbocycles. The van der Waals surface area contributed by atoms with Gasteiger partial charge in [0.2, 0.25) is 0 Å². The van der Waals surface area contributed by atoms with E-state index in [2.05, 4.69) is 36.9 Å². The summed E-state index contributed by atoms with van der Waals surface area (Å²) in [5, 5.41) is 30.9. The maximum Gasteiger partial charge on any atom is 0.358 e. The van der Waals surface area contributed by atoms with Gasteiger partial charge in [0.25, 0.3) is 0 Å². The SMILES string of the molecule is Cc1n[nH]nc1C1(c2n[nH]nc2C(=O)O)C=CC(c2ccccc2)=CC1. The van der Waals surface area contributed by atoms with Gasteiger partial charge in [0, 0.05) is 0 Å². The third-order valence-electron chi connectivity index (χ3n) is 4.62. The van der Waals surface area contributed by atoms with Gasteiger partial charge in [-0.05, 0) is 24.5 Å². The van der Waals surface area contributed by atoms with Gasteiger partial charge in [-0.2, -0.15) is 25.7 Å².